The number of hydrogen-bond acceptors (Lipinski definition) is 8. The molecule has 0 saturated carbocycles. The van der Waals surface area contributed by atoms with Crippen molar-refractivity contribution >= 4 is 28.7 Å². The normalized spacial score (nSPS) is 19.9. The number of ether oxygens (including phenoxy) is 2. The van der Waals surface area contributed by atoms with Gasteiger partial charge in [0.25, 0.3) is 5.91 Å². The smallest absolute Gasteiger partial charge is 0.261 e. The van der Waals surface area contributed by atoms with E-state index in [4.69, 9.17) is 9.47 Å². The van der Waals surface area contributed by atoms with Crippen LogP contribution in [0.2, 0.25) is 0 Å². The molecule has 1 saturated heterocycles. The van der Waals surface area contributed by atoms with Crippen LogP contribution in [0.3, 0.4) is 0 Å². The summed E-state index contributed by atoms with van der Waals surface area (Å²) >= 11 is 0. The Balaban J connectivity index is 1.50. The number of anilines is 2. The number of rotatable bonds is 5. The van der Waals surface area contributed by atoms with E-state index in [0.717, 1.165) is 11.3 Å². The minimum atomic E-state index is -0.686. The highest BCUT2D eigenvalue weighted by molar-refractivity contribution is 6.09. The zero-order valence-electron chi connectivity index (χ0n) is 18.5. The molecule has 1 fully saturated rings. The summed E-state index contributed by atoms with van der Waals surface area (Å²) in [6.07, 6.45) is 4.98. The first kappa shape index (κ1) is 21.4. The topological polar surface area (TPSA) is 118 Å². The van der Waals surface area contributed by atoms with E-state index in [1.807, 2.05) is 19.1 Å². The molecule has 1 aromatic carbocycles. The molecular weight excluding hydrogens is 426 g/mol. The van der Waals surface area contributed by atoms with Crippen LogP contribution in [0.1, 0.15) is 40.1 Å². The number of carbonyl (C=O) groups excluding carboxylic acids is 2. The van der Waals surface area contributed by atoms with Gasteiger partial charge >= 0.3 is 0 Å². The van der Waals surface area contributed by atoms with Crippen LogP contribution < -0.4 is 15.0 Å². The number of ketones is 1. The van der Waals surface area contributed by atoms with Gasteiger partial charge in [0.2, 0.25) is 0 Å². The van der Waals surface area contributed by atoms with Gasteiger partial charge in [0.15, 0.2) is 11.4 Å². The third-order valence-corrected chi connectivity index (χ3v) is 6.04. The first-order valence-corrected chi connectivity index (χ1v) is 10.8. The van der Waals surface area contributed by atoms with Gasteiger partial charge in [-0.3, -0.25) is 9.59 Å². The summed E-state index contributed by atoms with van der Waals surface area (Å²) in [6.45, 7) is 5.76. The van der Waals surface area contributed by atoms with Crippen LogP contribution in [0.15, 0.2) is 30.7 Å². The van der Waals surface area contributed by atoms with E-state index in [-0.39, 0.29) is 18.3 Å². The minimum absolute atomic E-state index is 0.105. The number of morpholine rings is 1. The van der Waals surface area contributed by atoms with Crippen molar-refractivity contribution in [1.29, 1.82) is 0 Å². The summed E-state index contributed by atoms with van der Waals surface area (Å²) in [5, 5.41) is 17.0. The second kappa shape index (κ2) is 8.13. The van der Waals surface area contributed by atoms with Crippen LogP contribution in [0.4, 0.5) is 11.4 Å². The molecule has 172 valence electrons. The molecule has 33 heavy (non-hydrogen) atoms. The van der Waals surface area contributed by atoms with Crippen LogP contribution >= 0.6 is 0 Å². The van der Waals surface area contributed by atoms with E-state index < -0.39 is 5.60 Å². The van der Waals surface area contributed by atoms with Crippen LogP contribution in [-0.2, 0) is 11.2 Å². The Morgan fingerprint density at radius 1 is 1.24 bits per heavy atom. The molecule has 10 heteroatoms. The summed E-state index contributed by atoms with van der Waals surface area (Å²) in [6, 6.07) is 3.83. The Bertz CT molecular complexity index is 1250. The first-order chi connectivity index (χ1) is 15.9. The maximum atomic E-state index is 13.2. The van der Waals surface area contributed by atoms with Gasteiger partial charge in [-0.1, -0.05) is 0 Å². The molecule has 0 spiro atoms. The number of amides is 1. The van der Waals surface area contributed by atoms with Gasteiger partial charge in [-0.2, -0.15) is 5.10 Å². The fourth-order valence-corrected chi connectivity index (χ4v) is 4.21. The minimum Gasteiger partial charge on any atom is -0.484 e. The zero-order valence-corrected chi connectivity index (χ0v) is 18.5. The summed E-state index contributed by atoms with van der Waals surface area (Å²) in [5.41, 5.74) is 2.79. The Morgan fingerprint density at radius 2 is 2.03 bits per heavy atom. The molecule has 4 heterocycles. The molecule has 10 nitrogen and oxygen atoms in total. The van der Waals surface area contributed by atoms with E-state index >= 15 is 0 Å². The second-order valence-electron chi connectivity index (χ2n) is 8.64. The van der Waals surface area contributed by atoms with E-state index in [2.05, 4.69) is 20.3 Å². The van der Waals surface area contributed by atoms with Crippen LogP contribution in [-0.4, -0.2) is 69.9 Å². The van der Waals surface area contributed by atoms with Crippen molar-refractivity contribution in [3.05, 3.63) is 47.4 Å². The van der Waals surface area contributed by atoms with Gasteiger partial charge in [0, 0.05) is 43.5 Å². The third-order valence-electron chi connectivity index (χ3n) is 6.04. The number of aromatic nitrogens is 3. The highest BCUT2D eigenvalue weighted by Crippen LogP contribution is 2.42. The largest absolute Gasteiger partial charge is 0.484 e. The maximum absolute atomic E-state index is 13.2. The number of Topliss-reactive ketones (excluding diaryl/α,β-unsaturated/α-hetero) is 1. The fraction of sp³-hybridized carbons (Fsp3) is 0.391. The van der Waals surface area contributed by atoms with Crippen molar-refractivity contribution in [2.45, 2.75) is 25.9 Å². The average molecular weight is 451 g/mol. The highest BCUT2D eigenvalue weighted by atomic mass is 16.5. The Labute approximate surface area is 190 Å². The number of aliphatic hydroxyl groups excluding tert-OH is 1. The molecule has 0 bridgehead atoms. The summed E-state index contributed by atoms with van der Waals surface area (Å²) in [5.74, 6) is 0.225. The van der Waals surface area contributed by atoms with Crippen molar-refractivity contribution in [2.75, 3.05) is 43.1 Å². The SMILES string of the molecule is CC(=O)c1cnc2c(C(=O)Nc3cc4c(cc3N3CCOCC3)O[C@@](C)(CO)C4)cnn2c1. The molecule has 2 N–H and O–H groups in total. The van der Waals surface area contributed by atoms with Crippen LogP contribution in [0, 0.1) is 0 Å². The van der Waals surface area contributed by atoms with Crippen molar-refractivity contribution < 1.29 is 24.2 Å². The molecule has 2 aromatic heterocycles. The Hall–Kier alpha value is -3.50. The maximum Gasteiger partial charge on any atom is 0.261 e. The predicted octanol–water partition coefficient (Wildman–Crippen LogP) is 1.71. The number of aliphatic hydroxyl groups is 1. The lowest BCUT2D eigenvalue weighted by Crippen LogP contribution is -2.36. The van der Waals surface area contributed by atoms with E-state index in [0.29, 0.717) is 60.9 Å². The van der Waals surface area contributed by atoms with Crippen LogP contribution in [0.5, 0.6) is 5.75 Å². The van der Waals surface area contributed by atoms with E-state index in [9.17, 15) is 14.7 Å². The predicted molar refractivity (Wildman–Crippen MR) is 120 cm³/mol. The van der Waals surface area contributed by atoms with Gasteiger partial charge < -0.3 is 24.8 Å². The summed E-state index contributed by atoms with van der Waals surface area (Å²) in [7, 11) is 0. The molecule has 0 unspecified atom stereocenters. The van der Waals surface area contributed by atoms with Gasteiger partial charge in [-0.15, -0.1) is 0 Å². The Kier molecular flexibility index (Phi) is 5.26. The van der Waals surface area contributed by atoms with Crippen molar-refractivity contribution in [2.24, 2.45) is 0 Å². The monoisotopic (exact) mass is 451 g/mol. The van der Waals surface area contributed by atoms with Crippen LogP contribution in [0.25, 0.3) is 5.65 Å². The molecule has 0 aliphatic carbocycles. The quantitative estimate of drug-likeness (QED) is 0.563. The highest BCUT2D eigenvalue weighted by Gasteiger charge is 2.36. The molecular formula is C23H25N5O5. The number of benzene rings is 1. The summed E-state index contributed by atoms with van der Waals surface area (Å²) < 4.78 is 12.9. The first-order valence-electron chi connectivity index (χ1n) is 10.8. The second-order valence-corrected chi connectivity index (χ2v) is 8.64. The number of carbonyl (C=O) groups is 2. The van der Waals surface area contributed by atoms with Crippen molar-refractivity contribution in [3.8, 4) is 5.75 Å². The number of nitrogens with one attached hydrogen (secondary N) is 1. The molecule has 1 atom stereocenters. The van der Waals surface area contributed by atoms with Gasteiger partial charge in [0.05, 0.1) is 43.0 Å². The van der Waals surface area contributed by atoms with Gasteiger partial charge in [0.1, 0.15) is 16.9 Å². The van der Waals surface area contributed by atoms with E-state index in [1.54, 1.807) is 6.20 Å². The summed E-state index contributed by atoms with van der Waals surface area (Å²) in [4.78, 5) is 31.3. The lowest BCUT2D eigenvalue weighted by molar-refractivity contribution is 0.0446. The molecule has 1 amide bonds. The fourth-order valence-electron chi connectivity index (χ4n) is 4.21. The number of fused-ring (bicyclic) bond motifs is 2. The molecule has 5 rings (SSSR count). The number of hydrogen-bond donors (Lipinski definition) is 2. The standard InChI is InChI=1S/C23H25N5O5/c1-14(30)16-10-24-21-17(11-25-28(21)12-16)22(31)26-18-7-15-9-23(2,13-29)33-20(15)8-19(18)27-3-5-32-6-4-27/h7-8,10-12,29H,3-6,9,13H2,1-2H3,(H,26,31)/t23-/m1/s1. The lowest BCUT2D eigenvalue weighted by Gasteiger charge is -2.31. The zero-order chi connectivity index (χ0) is 23.2. The van der Waals surface area contributed by atoms with Gasteiger partial charge in [-0.05, 0) is 19.9 Å². The third kappa shape index (κ3) is 3.91. The molecule has 3 aromatic rings. The van der Waals surface area contributed by atoms with Crippen molar-refractivity contribution in [1.82, 2.24) is 14.6 Å². The van der Waals surface area contributed by atoms with E-state index in [1.165, 1.54) is 23.8 Å². The number of nitrogens with zero attached hydrogens (tertiary/aromatic N) is 4. The van der Waals surface area contributed by atoms with Crippen molar-refractivity contribution in [3.63, 3.8) is 0 Å². The Morgan fingerprint density at radius 3 is 2.76 bits per heavy atom. The molecule has 0 radical (unpaired) electrons. The average Bonchev–Trinajstić information content (AvgIpc) is 3.39. The molecule has 2 aliphatic heterocycles. The molecule has 2 aliphatic rings. The van der Waals surface area contributed by atoms with Gasteiger partial charge in [-0.25, -0.2) is 9.50 Å². The lowest BCUT2D eigenvalue weighted by atomic mass is 9.99.